The normalized spacial score (nSPS) is 58.4. The van der Waals surface area contributed by atoms with Crippen LogP contribution in [0.15, 0.2) is 12.2 Å². The molecule has 3 heteroatoms. The molecule has 2 saturated heterocycles. The summed E-state index contributed by atoms with van der Waals surface area (Å²) >= 11 is 0. The number of carbonyl (C=O) groups is 1. The largest absolute Gasteiger partial charge is 0.346 e. The molecular formula is C27H40O3. The molecule has 166 valence electrons. The van der Waals surface area contributed by atoms with Crippen LogP contribution in [0.3, 0.4) is 0 Å². The van der Waals surface area contributed by atoms with Crippen molar-refractivity contribution in [2.45, 2.75) is 103 Å². The van der Waals surface area contributed by atoms with E-state index in [-0.39, 0.29) is 16.8 Å². The highest BCUT2D eigenvalue weighted by Crippen LogP contribution is 2.71. The van der Waals surface area contributed by atoms with Gasteiger partial charge in [0.05, 0.1) is 11.7 Å². The fourth-order valence-electron chi connectivity index (χ4n) is 9.76. The van der Waals surface area contributed by atoms with Crippen LogP contribution in [0.5, 0.6) is 0 Å². The highest BCUT2D eigenvalue weighted by molar-refractivity contribution is 5.91. The first-order valence-corrected chi connectivity index (χ1v) is 12.7. The van der Waals surface area contributed by atoms with Gasteiger partial charge in [-0.2, -0.15) is 0 Å². The van der Waals surface area contributed by atoms with Gasteiger partial charge in [-0.05, 0) is 98.9 Å². The Balaban J connectivity index is 1.30. The van der Waals surface area contributed by atoms with E-state index < -0.39 is 0 Å². The Hall–Kier alpha value is -0.670. The van der Waals surface area contributed by atoms with Crippen molar-refractivity contribution in [3.8, 4) is 0 Å². The Labute approximate surface area is 182 Å². The van der Waals surface area contributed by atoms with Crippen LogP contribution in [0.1, 0.15) is 86.0 Å². The molecule has 0 aromatic carbocycles. The lowest BCUT2D eigenvalue weighted by Gasteiger charge is -2.59. The molecule has 1 spiro atoms. The van der Waals surface area contributed by atoms with Gasteiger partial charge in [-0.3, -0.25) is 4.79 Å². The summed E-state index contributed by atoms with van der Waals surface area (Å²) < 4.78 is 13.5. The summed E-state index contributed by atoms with van der Waals surface area (Å²) in [6.45, 7) is 12.0. The lowest BCUT2D eigenvalue weighted by molar-refractivity contribution is -0.254. The molecule has 6 aliphatic rings. The summed E-state index contributed by atoms with van der Waals surface area (Å²) in [6, 6.07) is 0. The van der Waals surface area contributed by atoms with Crippen molar-refractivity contribution in [1.29, 1.82) is 0 Å². The second kappa shape index (κ2) is 6.01. The van der Waals surface area contributed by atoms with Crippen LogP contribution in [0.2, 0.25) is 0 Å². The minimum Gasteiger partial charge on any atom is -0.346 e. The maximum absolute atomic E-state index is 12.1. The molecule has 0 aromatic rings. The Morgan fingerprint density at radius 2 is 1.80 bits per heavy atom. The summed E-state index contributed by atoms with van der Waals surface area (Å²) in [5, 5.41) is 0. The van der Waals surface area contributed by atoms with Crippen molar-refractivity contribution in [2.24, 2.45) is 46.3 Å². The van der Waals surface area contributed by atoms with E-state index in [1.165, 1.54) is 32.1 Å². The average Bonchev–Trinajstić information content (AvgIpc) is 3.25. The molecule has 6 rings (SSSR count). The lowest BCUT2D eigenvalue weighted by Crippen LogP contribution is -2.53. The first kappa shape index (κ1) is 20.0. The van der Waals surface area contributed by atoms with E-state index in [0.29, 0.717) is 35.1 Å². The van der Waals surface area contributed by atoms with Gasteiger partial charge in [-0.15, -0.1) is 0 Å². The van der Waals surface area contributed by atoms with Crippen LogP contribution in [0.25, 0.3) is 0 Å². The molecule has 2 heterocycles. The molecule has 3 nitrogen and oxygen atoms in total. The van der Waals surface area contributed by atoms with E-state index in [4.69, 9.17) is 9.47 Å². The van der Waals surface area contributed by atoms with E-state index in [0.717, 1.165) is 37.0 Å². The lowest BCUT2D eigenvalue weighted by atomic mass is 9.45. The number of hydrogen-bond acceptors (Lipinski definition) is 3. The molecule has 3 saturated carbocycles. The van der Waals surface area contributed by atoms with Gasteiger partial charge < -0.3 is 9.47 Å². The fraction of sp³-hybridized carbons (Fsp3) is 0.889. The van der Waals surface area contributed by atoms with E-state index in [9.17, 15) is 4.79 Å². The molecule has 4 aliphatic carbocycles. The van der Waals surface area contributed by atoms with Crippen LogP contribution >= 0.6 is 0 Å². The Morgan fingerprint density at radius 3 is 2.53 bits per heavy atom. The molecular weight excluding hydrogens is 372 g/mol. The van der Waals surface area contributed by atoms with Gasteiger partial charge in [0.2, 0.25) is 0 Å². The standard InChI is InChI=1S/C27H40O3/c1-16-23-22(29-27(16)13-12-24(2,3)30-27)15-21-19-7-6-17-14-18(28)8-10-25(17,4)20(19)9-11-26(21,23)5/h8,10,16-17,19-23H,6-7,9,11-15H2,1-5H3/t16?,17?,19?,20?,21?,22-,23-,25-,26-,27-/m0/s1. The van der Waals surface area contributed by atoms with Gasteiger partial charge in [0.15, 0.2) is 11.6 Å². The predicted molar refractivity (Wildman–Crippen MR) is 117 cm³/mol. The van der Waals surface area contributed by atoms with Crippen molar-refractivity contribution in [3.05, 3.63) is 12.2 Å². The number of ether oxygens (including phenoxy) is 2. The van der Waals surface area contributed by atoms with Crippen LogP contribution in [0.4, 0.5) is 0 Å². The SMILES string of the molecule is CC1[C@H]2[C@H](CC3C4CCC5CC(=O)C=C[C@]5(C)C4CC[C@@]32C)O[C@]12CCC(C)(C)O2. The summed E-state index contributed by atoms with van der Waals surface area (Å²) in [4.78, 5) is 12.1. The van der Waals surface area contributed by atoms with Crippen molar-refractivity contribution in [3.63, 3.8) is 0 Å². The van der Waals surface area contributed by atoms with Gasteiger partial charge in [-0.1, -0.05) is 26.8 Å². The fourth-order valence-corrected chi connectivity index (χ4v) is 9.76. The predicted octanol–water partition coefficient (Wildman–Crippen LogP) is 5.92. The van der Waals surface area contributed by atoms with Crippen LogP contribution in [-0.4, -0.2) is 23.3 Å². The number of hydrogen-bond donors (Lipinski definition) is 0. The van der Waals surface area contributed by atoms with E-state index in [2.05, 4.69) is 40.7 Å². The molecule has 0 aromatic heterocycles. The number of carbonyl (C=O) groups excluding carboxylic acids is 1. The van der Waals surface area contributed by atoms with Crippen molar-refractivity contribution in [2.75, 3.05) is 0 Å². The molecule has 0 bridgehead atoms. The van der Waals surface area contributed by atoms with Gasteiger partial charge in [0, 0.05) is 18.8 Å². The molecule has 5 fully saturated rings. The van der Waals surface area contributed by atoms with E-state index >= 15 is 0 Å². The average molecular weight is 413 g/mol. The highest BCUT2D eigenvalue weighted by atomic mass is 16.7. The summed E-state index contributed by atoms with van der Waals surface area (Å²) in [6.07, 6.45) is 13.9. The molecule has 10 atom stereocenters. The van der Waals surface area contributed by atoms with E-state index in [1.54, 1.807) is 0 Å². The highest BCUT2D eigenvalue weighted by Gasteiger charge is 2.70. The van der Waals surface area contributed by atoms with E-state index in [1.807, 2.05) is 6.08 Å². The first-order chi connectivity index (χ1) is 14.1. The smallest absolute Gasteiger partial charge is 0.172 e. The molecule has 5 unspecified atom stereocenters. The second-order valence-corrected chi connectivity index (χ2v) is 12.9. The maximum atomic E-state index is 12.1. The van der Waals surface area contributed by atoms with Crippen molar-refractivity contribution in [1.82, 2.24) is 0 Å². The van der Waals surface area contributed by atoms with Crippen LogP contribution < -0.4 is 0 Å². The van der Waals surface area contributed by atoms with Gasteiger partial charge in [0.25, 0.3) is 0 Å². The molecule has 2 aliphatic heterocycles. The zero-order valence-corrected chi connectivity index (χ0v) is 19.6. The number of fused-ring (bicyclic) bond motifs is 7. The minimum absolute atomic E-state index is 0.0530. The Kier molecular flexibility index (Phi) is 4.00. The Morgan fingerprint density at radius 1 is 1.00 bits per heavy atom. The van der Waals surface area contributed by atoms with Crippen molar-refractivity contribution < 1.29 is 14.3 Å². The van der Waals surface area contributed by atoms with Crippen LogP contribution in [0, 0.1) is 46.3 Å². The first-order valence-electron chi connectivity index (χ1n) is 12.7. The third kappa shape index (κ3) is 2.43. The number of rotatable bonds is 0. The second-order valence-electron chi connectivity index (χ2n) is 12.9. The monoisotopic (exact) mass is 412 g/mol. The zero-order chi connectivity index (χ0) is 21.1. The van der Waals surface area contributed by atoms with Gasteiger partial charge in [0.1, 0.15) is 0 Å². The minimum atomic E-state index is -0.334. The maximum Gasteiger partial charge on any atom is 0.172 e. The molecule has 0 N–H and O–H groups in total. The van der Waals surface area contributed by atoms with Gasteiger partial charge >= 0.3 is 0 Å². The number of ketones is 1. The summed E-state index contributed by atoms with van der Waals surface area (Å²) in [5.74, 6) is 3.99. The van der Waals surface area contributed by atoms with Gasteiger partial charge in [-0.25, -0.2) is 0 Å². The molecule has 0 amide bonds. The third-order valence-corrected chi connectivity index (χ3v) is 11.2. The van der Waals surface area contributed by atoms with Crippen molar-refractivity contribution >= 4 is 5.78 Å². The quantitative estimate of drug-likeness (QED) is 0.495. The molecule has 0 radical (unpaired) electrons. The zero-order valence-electron chi connectivity index (χ0n) is 19.6. The summed E-state index contributed by atoms with van der Waals surface area (Å²) in [5.41, 5.74) is 0.549. The Bertz CT molecular complexity index is 800. The molecule has 30 heavy (non-hydrogen) atoms. The summed E-state index contributed by atoms with van der Waals surface area (Å²) in [7, 11) is 0. The van der Waals surface area contributed by atoms with Crippen LogP contribution in [-0.2, 0) is 14.3 Å². The topological polar surface area (TPSA) is 35.5 Å². The third-order valence-electron chi connectivity index (χ3n) is 11.2. The number of allylic oxidation sites excluding steroid dienone is 2.